The number of nitrogens with one attached hydrogen (secondary N) is 1. The van der Waals surface area contributed by atoms with Crippen LogP contribution >= 0.6 is 10.6 Å². The molecule has 3 aromatic rings. The van der Waals surface area contributed by atoms with Crippen LogP contribution in [0.2, 0.25) is 0 Å². The van der Waals surface area contributed by atoms with Gasteiger partial charge in [-0.15, -0.1) is 0 Å². The summed E-state index contributed by atoms with van der Waals surface area (Å²) < 4.78 is 21.2. The number of hydrogen-bond acceptors (Lipinski definition) is 6. The second-order valence-electron chi connectivity index (χ2n) is 7.05. The van der Waals surface area contributed by atoms with Crippen LogP contribution in [-0.4, -0.2) is 44.6 Å². The van der Waals surface area contributed by atoms with Gasteiger partial charge in [0, 0.05) is 36.8 Å². The van der Waals surface area contributed by atoms with Crippen LogP contribution in [0, 0.1) is 6.92 Å². The number of aliphatic hydroxyl groups is 1. The SMILES string of the molecule is Cc1cccc2c(NCCO)cc(N3CCS(O)(O)c4ccccc4C3)nc12. The molecule has 4 N–H and O–H groups in total. The molecule has 2 heterocycles. The smallest absolute Gasteiger partial charge is 0.131 e. The molecule has 0 fully saturated rings. The third-order valence-corrected chi connectivity index (χ3v) is 6.97. The lowest BCUT2D eigenvalue weighted by molar-refractivity contribution is 0.311. The van der Waals surface area contributed by atoms with E-state index < -0.39 is 10.6 Å². The van der Waals surface area contributed by atoms with Gasteiger partial charge in [0.1, 0.15) is 5.82 Å². The number of aryl methyl sites for hydroxylation is 1. The summed E-state index contributed by atoms with van der Waals surface area (Å²) in [7, 11) is -2.81. The summed E-state index contributed by atoms with van der Waals surface area (Å²) in [4.78, 5) is 7.62. The number of nitrogens with zero attached hydrogens (tertiary/aromatic N) is 2. The van der Waals surface area contributed by atoms with E-state index in [1.165, 1.54) is 0 Å². The molecule has 0 unspecified atom stereocenters. The van der Waals surface area contributed by atoms with Gasteiger partial charge in [0.05, 0.1) is 22.8 Å². The van der Waals surface area contributed by atoms with Crippen LogP contribution in [0.3, 0.4) is 0 Å². The van der Waals surface area contributed by atoms with E-state index in [4.69, 9.17) is 4.98 Å². The van der Waals surface area contributed by atoms with Gasteiger partial charge in [0.15, 0.2) is 0 Å². The van der Waals surface area contributed by atoms with E-state index in [1.54, 1.807) is 6.07 Å². The molecular formula is C21H25N3O3S. The lowest BCUT2D eigenvalue weighted by atomic mass is 10.1. The zero-order valence-electron chi connectivity index (χ0n) is 15.8. The van der Waals surface area contributed by atoms with Crippen LogP contribution in [0.4, 0.5) is 11.5 Å². The molecule has 0 atom stereocenters. The van der Waals surface area contributed by atoms with E-state index in [9.17, 15) is 14.2 Å². The lowest BCUT2D eigenvalue weighted by Crippen LogP contribution is -2.26. The zero-order chi connectivity index (χ0) is 19.7. The second kappa shape index (κ2) is 7.60. The molecule has 1 aliphatic heterocycles. The highest BCUT2D eigenvalue weighted by Crippen LogP contribution is 2.51. The van der Waals surface area contributed by atoms with Crippen LogP contribution in [0.5, 0.6) is 0 Å². The predicted octanol–water partition coefficient (Wildman–Crippen LogP) is 4.08. The standard InChI is InChI=1S/C21H25N3O3S/c1-15-5-4-7-17-18(22-9-11-25)13-20(23-21(15)17)24-10-12-28(26,27)19-8-3-2-6-16(19)14-24/h2-8,13,25-27H,9-12,14H2,1H3,(H,22,23). The average Bonchev–Trinajstić information content (AvgIpc) is 2.83. The maximum Gasteiger partial charge on any atom is 0.131 e. The molecule has 0 aliphatic carbocycles. The number of benzene rings is 2. The average molecular weight is 400 g/mol. The van der Waals surface area contributed by atoms with E-state index in [1.807, 2.05) is 49.4 Å². The molecule has 0 bridgehead atoms. The number of aromatic nitrogens is 1. The molecule has 7 heteroatoms. The van der Waals surface area contributed by atoms with Crippen LogP contribution in [0.15, 0.2) is 53.4 Å². The normalized spacial score (nSPS) is 17.1. The molecule has 1 aromatic heterocycles. The van der Waals surface area contributed by atoms with Crippen LogP contribution in [0.25, 0.3) is 10.9 Å². The summed E-state index contributed by atoms with van der Waals surface area (Å²) in [5.74, 6) is 1.06. The Balaban J connectivity index is 1.80. The molecule has 4 rings (SSSR count). The van der Waals surface area contributed by atoms with E-state index in [0.717, 1.165) is 33.5 Å². The summed E-state index contributed by atoms with van der Waals surface area (Å²) in [6.45, 7) is 3.60. The molecule has 0 radical (unpaired) electrons. The molecule has 1 aliphatic rings. The topological polar surface area (TPSA) is 88.9 Å². The van der Waals surface area contributed by atoms with Gasteiger partial charge in [-0.3, -0.25) is 9.11 Å². The highest BCUT2D eigenvalue weighted by atomic mass is 32.3. The van der Waals surface area contributed by atoms with Crippen molar-refractivity contribution >= 4 is 33.0 Å². The largest absolute Gasteiger partial charge is 0.395 e. The fraction of sp³-hybridized carbons (Fsp3) is 0.286. The van der Waals surface area contributed by atoms with Crippen molar-refractivity contribution in [3.63, 3.8) is 0 Å². The van der Waals surface area contributed by atoms with Gasteiger partial charge in [-0.05, 0) is 24.1 Å². The number of para-hydroxylation sites is 1. The first-order valence-corrected chi connectivity index (χ1v) is 11.0. The Bertz CT molecular complexity index is 1010. The number of anilines is 2. The Morgan fingerprint density at radius 1 is 1.14 bits per heavy atom. The molecule has 28 heavy (non-hydrogen) atoms. The fourth-order valence-electron chi connectivity index (χ4n) is 3.66. The minimum Gasteiger partial charge on any atom is -0.395 e. The Labute approximate surface area is 166 Å². The fourth-order valence-corrected chi connectivity index (χ4v) is 5.20. The molecule has 0 spiro atoms. The van der Waals surface area contributed by atoms with Gasteiger partial charge in [-0.2, -0.15) is 10.6 Å². The van der Waals surface area contributed by atoms with E-state index in [-0.39, 0.29) is 12.4 Å². The predicted molar refractivity (Wildman–Crippen MR) is 116 cm³/mol. The van der Waals surface area contributed by atoms with Crippen molar-refractivity contribution < 1.29 is 14.2 Å². The highest BCUT2D eigenvalue weighted by Gasteiger charge is 2.26. The molecule has 2 aromatic carbocycles. The molecular weight excluding hydrogens is 374 g/mol. The minimum absolute atomic E-state index is 0.0446. The number of hydrogen-bond donors (Lipinski definition) is 4. The first kappa shape index (κ1) is 19.0. The van der Waals surface area contributed by atoms with Gasteiger partial charge >= 0.3 is 0 Å². The maximum absolute atomic E-state index is 10.6. The number of aliphatic hydroxyl groups excluding tert-OH is 1. The van der Waals surface area contributed by atoms with Crippen molar-refractivity contribution in [3.8, 4) is 0 Å². The van der Waals surface area contributed by atoms with E-state index in [0.29, 0.717) is 24.5 Å². The maximum atomic E-state index is 10.6. The first-order chi connectivity index (χ1) is 13.5. The summed E-state index contributed by atoms with van der Waals surface area (Å²) in [5.41, 5.74) is 3.81. The van der Waals surface area contributed by atoms with Crippen molar-refractivity contribution in [2.75, 3.05) is 35.7 Å². The summed E-state index contributed by atoms with van der Waals surface area (Å²) >= 11 is 0. The summed E-state index contributed by atoms with van der Waals surface area (Å²) in [5, 5.41) is 13.5. The lowest BCUT2D eigenvalue weighted by Gasteiger charge is -2.32. The van der Waals surface area contributed by atoms with Gasteiger partial charge in [0.25, 0.3) is 0 Å². The van der Waals surface area contributed by atoms with Crippen LogP contribution < -0.4 is 10.2 Å². The van der Waals surface area contributed by atoms with Crippen LogP contribution in [-0.2, 0) is 6.54 Å². The van der Waals surface area contributed by atoms with E-state index >= 15 is 0 Å². The Morgan fingerprint density at radius 2 is 1.96 bits per heavy atom. The Morgan fingerprint density at radius 3 is 2.79 bits per heavy atom. The molecule has 6 nitrogen and oxygen atoms in total. The van der Waals surface area contributed by atoms with Gasteiger partial charge in [-0.1, -0.05) is 36.4 Å². The molecule has 0 amide bonds. The van der Waals surface area contributed by atoms with Crippen molar-refractivity contribution in [3.05, 3.63) is 59.7 Å². The summed E-state index contributed by atoms with van der Waals surface area (Å²) in [6, 6.07) is 15.6. The molecule has 0 saturated carbocycles. The zero-order valence-corrected chi connectivity index (χ0v) is 16.6. The van der Waals surface area contributed by atoms with Gasteiger partial charge in [-0.25, -0.2) is 4.98 Å². The third kappa shape index (κ3) is 3.54. The highest BCUT2D eigenvalue weighted by molar-refractivity contribution is 8.24. The van der Waals surface area contributed by atoms with Crippen molar-refractivity contribution in [1.29, 1.82) is 0 Å². The number of rotatable bonds is 4. The summed E-state index contributed by atoms with van der Waals surface area (Å²) in [6.07, 6.45) is 0. The van der Waals surface area contributed by atoms with Crippen LogP contribution in [0.1, 0.15) is 11.1 Å². The third-order valence-electron chi connectivity index (χ3n) is 5.11. The number of fused-ring (bicyclic) bond motifs is 2. The van der Waals surface area contributed by atoms with Gasteiger partial charge in [0.2, 0.25) is 0 Å². The Kier molecular flexibility index (Phi) is 5.16. The molecule has 0 saturated heterocycles. The van der Waals surface area contributed by atoms with Crippen molar-refractivity contribution in [2.24, 2.45) is 0 Å². The number of pyridine rings is 1. The minimum atomic E-state index is -2.81. The monoisotopic (exact) mass is 399 g/mol. The van der Waals surface area contributed by atoms with Crippen molar-refractivity contribution in [2.45, 2.75) is 18.4 Å². The first-order valence-electron chi connectivity index (χ1n) is 9.33. The second-order valence-corrected chi connectivity index (χ2v) is 9.23. The molecule has 148 valence electrons. The van der Waals surface area contributed by atoms with E-state index in [2.05, 4.69) is 10.2 Å². The quantitative estimate of drug-likeness (QED) is 0.529. The Hall–Kier alpha value is -2.32. The van der Waals surface area contributed by atoms with Crippen molar-refractivity contribution in [1.82, 2.24) is 4.98 Å². The van der Waals surface area contributed by atoms with Gasteiger partial charge < -0.3 is 15.3 Å².